The normalized spacial score (nSPS) is 12.4. The van der Waals surface area contributed by atoms with Gasteiger partial charge in [0.2, 0.25) is 5.78 Å². The number of carbonyl (C=O) groups is 2. The van der Waals surface area contributed by atoms with Crippen molar-refractivity contribution >= 4 is 29.2 Å². The Bertz CT molecular complexity index is 582. The number of rotatable bonds is 6. The molecular weight excluding hydrogens is 263 g/mol. The van der Waals surface area contributed by atoms with Crippen LogP contribution in [-0.2, 0) is 14.3 Å². The molecule has 0 fully saturated rings. The van der Waals surface area contributed by atoms with Crippen molar-refractivity contribution in [3.63, 3.8) is 0 Å². The smallest absolute Gasteiger partial charge is 0.218 e. The first-order valence-corrected chi connectivity index (χ1v) is 5.83. The van der Waals surface area contributed by atoms with E-state index in [1.807, 2.05) is 0 Å². The van der Waals surface area contributed by atoms with E-state index in [-0.39, 0.29) is 5.69 Å². The van der Waals surface area contributed by atoms with Crippen LogP contribution in [-0.4, -0.2) is 36.7 Å². The molecule has 1 rings (SSSR count). The van der Waals surface area contributed by atoms with Gasteiger partial charge in [0.1, 0.15) is 11.5 Å². The number of Topliss-reactive ketones (excluding diaryl/α,β-unsaturated/α-hetero) is 2. The molecule has 0 aliphatic heterocycles. The molecule has 0 saturated heterocycles. The molecule has 1 atom stereocenters. The monoisotopic (exact) mass is 278 g/mol. The second-order valence-corrected chi connectivity index (χ2v) is 4.18. The van der Waals surface area contributed by atoms with E-state index in [1.165, 1.54) is 19.2 Å². The highest BCUT2D eigenvalue weighted by molar-refractivity contribution is 6.66. The van der Waals surface area contributed by atoms with Crippen molar-refractivity contribution in [1.29, 1.82) is 5.41 Å². The van der Waals surface area contributed by atoms with Gasteiger partial charge in [0.25, 0.3) is 0 Å². The Morgan fingerprint density at radius 1 is 1.45 bits per heavy atom. The molecule has 6 heteroatoms. The molecule has 1 N–H and O–H groups in total. The molecule has 0 spiro atoms. The minimum atomic E-state index is -1.19. The van der Waals surface area contributed by atoms with Crippen LogP contribution in [0.3, 0.4) is 0 Å². The first kappa shape index (κ1) is 15.8. The number of halogens is 1. The first-order chi connectivity index (χ1) is 9.36. The van der Waals surface area contributed by atoms with Gasteiger partial charge in [-0.1, -0.05) is 6.07 Å². The fraction of sp³-hybridized carbons (Fsp3) is 0.286. The molecule has 0 bridgehead atoms. The zero-order valence-corrected chi connectivity index (χ0v) is 11.4. The molecule has 106 valence electrons. The molecule has 0 radical (unpaired) electrons. The fourth-order valence-electron chi connectivity index (χ4n) is 1.42. The number of carbonyl (C=O) groups excluding carboxylic acids is 2. The van der Waals surface area contributed by atoms with Gasteiger partial charge in [-0.05, 0) is 24.6 Å². The summed E-state index contributed by atoms with van der Waals surface area (Å²) in [6.45, 7) is 2.86. The number of nitrogens with zero attached hydrogens (tertiary/aromatic N) is 1. The molecule has 0 aromatic heterocycles. The second kappa shape index (κ2) is 6.81. The molecule has 1 aromatic rings. The van der Waals surface area contributed by atoms with Gasteiger partial charge in [0.15, 0.2) is 11.9 Å². The Morgan fingerprint density at radius 3 is 2.60 bits per heavy atom. The summed E-state index contributed by atoms with van der Waals surface area (Å²) in [5, 5.41) is 7.32. The minimum Gasteiger partial charge on any atom is -0.367 e. The van der Waals surface area contributed by atoms with Crippen molar-refractivity contribution in [2.75, 3.05) is 7.11 Å². The summed E-state index contributed by atoms with van der Waals surface area (Å²) in [6, 6.07) is 4.46. The number of aliphatic imine (C=N–C) groups is 1. The molecular formula is C14H15FN2O3. The highest BCUT2D eigenvalue weighted by Crippen LogP contribution is 2.18. The third kappa shape index (κ3) is 3.89. The average molecular weight is 278 g/mol. The molecule has 5 nitrogen and oxygen atoms in total. The van der Waals surface area contributed by atoms with Crippen molar-refractivity contribution in [3.05, 3.63) is 29.6 Å². The molecule has 1 unspecified atom stereocenters. The number of aryl methyl sites for hydroxylation is 1. The van der Waals surface area contributed by atoms with Crippen LogP contribution >= 0.6 is 0 Å². The van der Waals surface area contributed by atoms with Crippen LogP contribution in [0.2, 0.25) is 0 Å². The Kier molecular flexibility index (Phi) is 5.40. The lowest BCUT2D eigenvalue weighted by Gasteiger charge is -2.08. The molecule has 0 saturated carbocycles. The molecule has 0 amide bonds. The van der Waals surface area contributed by atoms with Gasteiger partial charge < -0.3 is 4.74 Å². The van der Waals surface area contributed by atoms with Gasteiger partial charge in [0.05, 0.1) is 5.69 Å². The summed E-state index contributed by atoms with van der Waals surface area (Å²) in [4.78, 5) is 26.5. The number of ketones is 2. The van der Waals surface area contributed by atoms with Crippen molar-refractivity contribution in [3.8, 4) is 0 Å². The van der Waals surface area contributed by atoms with Crippen LogP contribution in [0.5, 0.6) is 0 Å². The molecule has 0 aliphatic rings. The van der Waals surface area contributed by atoms with Crippen LogP contribution in [0.1, 0.15) is 12.5 Å². The first-order valence-electron chi connectivity index (χ1n) is 5.83. The standard InChI is InChI=1S/C14H15FN2O3/c1-8-4-5-11(10(15)6-8)17-7-12(20-3)14(19)13(16)9(2)18/h4-7,12,16H,1-3H3. The quantitative estimate of drug-likeness (QED) is 0.638. The topological polar surface area (TPSA) is 79.6 Å². The van der Waals surface area contributed by atoms with E-state index in [2.05, 4.69) is 4.99 Å². The number of benzene rings is 1. The highest BCUT2D eigenvalue weighted by Gasteiger charge is 2.23. The second-order valence-electron chi connectivity index (χ2n) is 4.18. The number of hydrogen-bond acceptors (Lipinski definition) is 5. The van der Waals surface area contributed by atoms with E-state index in [0.717, 1.165) is 18.7 Å². The summed E-state index contributed by atoms with van der Waals surface area (Å²) in [5.41, 5.74) is 0.131. The van der Waals surface area contributed by atoms with E-state index in [4.69, 9.17) is 10.1 Å². The Hall–Kier alpha value is -2.21. The largest absolute Gasteiger partial charge is 0.367 e. The van der Waals surface area contributed by atoms with E-state index in [1.54, 1.807) is 13.0 Å². The third-order valence-electron chi connectivity index (χ3n) is 2.56. The maximum atomic E-state index is 13.6. The predicted molar refractivity (Wildman–Crippen MR) is 73.5 cm³/mol. The molecule has 20 heavy (non-hydrogen) atoms. The van der Waals surface area contributed by atoms with Gasteiger partial charge in [-0.3, -0.25) is 20.0 Å². The molecule has 0 heterocycles. The summed E-state index contributed by atoms with van der Waals surface area (Å²) in [7, 11) is 1.24. The number of nitrogens with one attached hydrogen (secondary N) is 1. The lowest BCUT2D eigenvalue weighted by molar-refractivity contribution is -0.120. The zero-order valence-electron chi connectivity index (χ0n) is 11.4. The number of methoxy groups -OCH3 is 1. The third-order valence-corrected chi connectivity index (χ3v) is 2.56. The minimum absolute atomic E-state index is 0.0554. The van der Waals surface area contributed by atoms with Crippen LogP contribution in [0.4, 0.5) is 10.1 Å². The zero-order chi connectivity index (χ0) is 15.3. The summed E-state index contributed by atoms with van der Waals surface area (Å²) >= 11 is 0. The van der Waals surface area contributed by atoms with Crippen LogP contribution in [0.15, 0.2) is 23.2 Å². The summed E-state index contributed by atoms with van der Waals surface area (Å²) < 4.78 is 18.4. The maximum absolute atomic E-state index is 13.6. The van der Waals surface area contributed by atoms with E-state index >= 15 is 0 Å². The Labute approximate surface area is 116 Å². The highest BCUT2D eigenvalue weighted by atomic mass is 19.1. The summed E-state index contributed by atoms with van der Waals surface area (Å²) in [5.74, 6) is -1.99. The van der Waals surface area contributed by atoms with Crippen molar-refractivity contribution in [2.45, 2.75) is 20.0 Å². The average Bonchev–Trinajstić information content (AvgIpc) is 2.40. The van der Waals surface area contributed by atoms with Gasteiger partial charge in [-0.15, -0.1) is 0 Å². The van der Waals surface area contributed by atoms with E-state index < -0.39 is 29.2 Å². The van der Waals surface area contributed by atoms with E-state index in [0.29, 0.717) is 0 Å². The lowest BCUT2D eigenvalue weighted by atomic mass is 10.1. The maximum Gasteiger partial charge on any atom is 0.218 e. The summed E-state index contributed by atoms with van der Waals surface area (Å²) in [6.07, 6.45) is -0.111. The fourth-order valence-corrected chi connectivity index (χ4v) is 1.42. The Balaban J connectivity index is 2.93. The SMILES string of the molecule is COC(C=Nc1ccc(C)cc1F)C(=O)C(=N)C(C)=O. The number of hydrogen-bond donors (Lipinski definition) is 1. The molecule has 0 aliphatic carbocycles. The van der Waals surface area contributed by atoms with Gasteiger partial charge >= 0.3 is 0 Å². The van der Waals surface area contributed by atoms with Gasteiger partial charge in [0, 0.05) is 20.2 Å². The number of ether oxygens (including phenoxy) is 1. The van der Waals surface area contributed by atoms with Gasteiger partial charge in [-0.2, -0.15) is 0 Å². The lowest BCUT2D eigenvalue weighted by Crippen LogP contribution is -2.34. The van der Waals surface area contributed by atoms with Gasteiger partial charge in [-0.25, -0.2) is 4.39 Å². The van der Waals surface area contributed by atoms with Crippen LogP contribution in [0, 0.1) is 18.2 Å². The van der Waals surface area contributed by atoms with E-state index in [9.17, 15) is 14.0 Å². The molecule has 1 aromatic carbocycles. The van der Waals surface area contributed by atoms with Crippen molar-refractivity contribution in [1.82, 2.24) is 0 Å². The van der Waals surface area contributed by atoms with Crippen LogP contribution < -0.4 is 0 Å². The predicted octanol–water partition coefficient (Wildman–Crippen LogP) is 2.03. The van der Waals surface area contributed by atoms with Crippen LogP contribution in [0.25, 0.3) is 0 Å². The van der Waals surface area contributed by atoms with Crippen molar-refractivity contribution in [2.24, 2.45) is 4.99 Å². The Morgan fingerprint density at radius 2 is 2.10 bits per heavy atom. The van der Waals surface area contributed by atoms with Crippen molar-refractivity contribution < 1.29 is 18.7 Å².